The minimum absolute atomic E-state index is 0. The van der Waals surface area contributed by atoms with Crippen LogP contribution in [0.15, 0.2) is 48.5 Å². The van der Waals surface area contributed by atoms with Crippen molar-refractivity contribution in [2.45, 2.75) is 6.92 Å². The summed E-state index contributed by atoms with van der Waals surface area (Å²) in [7, 11) is 1.90. The third kappa shape index (κ3) is 3.87. The Bertz CT molecular complexity index is 981. The summed E-state index contributed by atoms with van der Waals surface area (Å²) < 4.78 is 1.91. The van der Waals surface area contributed by atoms with Crippen LogP contribution in [-0.2, 0) is 11.8 Å². The summed E-state index contributed by atoms with van der Waals surface area (Å²) in [6, 6.07) is 17.3. The van der Waals surface area contributed by atoms with Crippen molar-refractivity contribution in [3.63, 3.8) is 0 Å². The Morgan fingerprint density at radius 3 is 2.48 bits per heavy atom. The molecule has 126 valence electrons. The predicted octanol–water partition coefficient (Wildman–Crippen LogP) is 4.02. The van der Waals surface area contributed by atoms with Gasteiger partial charge in [0.1, 0.15) is 6.07 Å². The number of rotatable bonds is 3. The van der Waals surface area contributed by atoms with Crippen LogP contribution in [-0.4, -0.2) is 15.5 Å². The van der Waals surface area contributed by atoms with Gasteiger partial charge in [0.25, 0.3) is 0 Å². The van der Waals surface area contributed by atoms with Gasteiger partial charge >= 0.3 is 0 Å². The predicted molar refractivity (Wildman–Crippen MR) is 102 cm³/mol. The number of aromatic nitrogens is 2. The molecule has 0 aliphatic carbocycles. The lowest BCUT2D eigenvalue weighted by molar-refractivity contribution is -0.114. The topological polar surface area (TPSA) is 70.7 Å². The van der Waals surface area contributed by atoms with Crippen molar-refractivity contribution in [1.82, 2.24) is 9.55 Å². The number of nitrogens with zero attached hydrogens (tertiary/aromatic N) is 3. The molecule has 0 aliphatic heterocycles. The van der Waals surface area contributed by atoms with Gasteiger partial charge < -0.3 is 9.88 Å². The number of imidazole rings is 1. The van der Waals surface area contributed by atoms with Crippen molar-refractivity contribution in [2.75, 3.05) is 5.32 Å². The number of anilines is 1. The third-order valence-electron chi connectivity index (χ3n) is 3.69. The van der Waals surface area contributed by atoms with Crippen LogP contribution in [0.1, 0.15) is 18.3 Å². The summed E-state index contributed by atoms with van der Waals surface area (Å²) in [4.78, 5) is 15.6. The van der Waals surface area contributed by atoms with Gasteiger partial charge in [0.05, 0.1) is 16.6 Å². The van der Waals surface area contributed by atoms with Gasteiger partial charge in [-0.25, -0.2) is 4.98 Å². The maximum absolute atomic E-state index is 11.1. The van der Waals surface area contributed by atoms with E-state index in [2.05, 4.69) is 16.4 Å². The van der Waals surface area contributed by atoms with Crippen LogP contribution in [0.3, 0.4) is 0 Å². The Morgan fingerprint density at radius 2 is 1.88 bits per heavy atom. The summed E-state index contributed by atoms with van der Waals surface area (Å²) in [5.74, 6) is 0.514. The number of nitriles is 1. The van der Waals surface area contributed by atoms with Crippen LogP contribution in [0.4, 0.5) is 5.69 Å². The zero-order chi connectivity index (χ0) is 17.1. The van der Waals surface area contributed by atoms with Crippen molar-refractivity contribution in [2.24, 2.45) is 7.05 Å². The van der Waals surface area contributed by atoms with Crippen LogP contribution < -0.4 is 5.32 Å². The van der Waals surface area contributed by atoms with Gasteiger partial charge in [0.15, 0.2) is 5.82 Å². The lowest BCUT2D eigenvalue weighted by Gasteiger charge is -2.03. The Labute approximate surface area is 152 Å². The van der Waals surface area contributed by atoms with Crippen LogP contribution in [0.2, 0.25) is 0 Å². The van der Waals surface area contributed by atoms with Gasteiger partial charge in [-0.05, 0) is 35.9 Å². The van der Waals surface area contributed by atoms with Crippen molar-refractivity contribution in [3.8, 4) is 6.07 Å². The monoisotopic (exact) mass is 352 g/mol. The molecule has 0 saturated carbocycles. The molecule has 0 bridgehead atoms. The number of aryl methyl sites for hydroxylation is 1. The zero-order valence-corrected chi connectivity index (χ0v) is 14.7. The first kappa shape index (κ1) is 18.2. The highest BCUT2D eigenvalue weighted by molar-refractivity contribution is 5.92. The van der Waals surface area contributed by atoms with E-state index in [-0.39, 0.29) is 18.3 Å². The molecule has 2 aromatic carbocycles. The first-order chi connectivity index (χ1) is 11.6. The number of para-hydroxylation sites is 2. The second-order valence-electron chi connectivity index (χ2n) is 5.46. The van der Waals surface area contributed by atoms with E-state index in [9.17, 15) is 10.1 Å². The number of hydrogen-bond donors (Lipinski definition) is 1. The number of carbonyl (C=O) groups is 1. The molecule has 3 rings (SSSR count). The third-order valence-corrected chi connectivity index (χ3v) is 3.69. The number of fused-ring (bicyclic) bond motifs is 1. The molecule has 1 aromatic heterocycles. The average Bonchev–Trinajstić information content (AvgIpc) is 2.91. The van der Waals surface area contributed by atoms with E-state index in [1.54, 1.807) is 18.2 Å². The number of allylic oxidation sites excluding steroid dienone is 1. The fourth-order valence-electron chi connectivity index (χ4n) is 2.57. The minimum Gasteiger partial charge on any atom is -0.327 e. The van der Waals surface area contributed by atoms with Gasteiger partial charge in [-0.2, -0.15) is 5.26 Å². The fourth-order valence-corrected chi connectivity index (χ4v) is 2.57. The zero-order valence-electron chi connectivity index (χ0n) is 13.9. The first-order valence-electron chi connectivity index (χ1n) is 7.50. The summed E-state index contributed by atoms with van der Waals surface area (Å²) in [5, 5.41) is 12.3. The van der Waals surface area contributed by atoms with Gasteiger partial charge in [0.2, 0.25) is 5.91 Å². The molecule has 0 aliphatic rings. The molecule has 0 saturated heterocycles. The van der Waals surface area contributed by atoms with Crippen LogP contribution >= 0.6 is 12.4 Å². The lowest BCUT2D eigenvalue weighted by atomic mass is 10.1. The first-order valence-corrected chi connectivity index (χ1v) is 7.50. The quantitative estimate of drug-likeness (QED) is 0.724. The minimum atomic E-state index is -0.115. The van der Waals surface area contributed by atoms with E-state index < -0.39 is 0 Å². The van der Waals surface area contributed by atoms with Gasteiger partial charge in [-0.1, -0.05) is 24.3 Å². The molecule has 6 heteroatoms. The molecular formula is C19H17ClN4O. The fraction of sp³-hybridized carbons (Fsp3) is 0.105. The molecule has 25 heavy (non-hydrogen) atoms. The van der Waals surface area contributed by atoms with Crippen molar-refractivity contribution < 1.29 is 4.79 Å². The standard InChI is InChI=1S/C19H16N4O.ClH/c1-13(24)21-16-9-7-14(8-10-16)11-15(12-20)19-22-17-5-3-4-6-18(17)23(19)2;/h3-11H,1-2H3,(H,21,24);1H/b15-11+;. The summed E-state index contributed by atoms with van der Waals surface area (Å²) in [6.45, 7) is 1.47. The van der Waals surface area contributed by atoms with Crippen LogP contribution in [0, 0.1) is 11.3 Å². The van der Waals surface area contributed by atoms with E-state index in [0.29, 0.717) is 11.4 Å². The largest absolute Gasteiger partial charge is 0.327 e. The van der Waals surface area contributed by atoms with Gasteiger partial charge in [0, 0.05) is 19.7 Å². The average molecular weight is 353 g/mol. The normalized spacial score (nSPS) is 10.8. The molecule has 1 amide bonds. The molecule has 0 fully saturated rings. The number of hydrogen-bond acceptors (Lipinski definition) is 3. The van der Waals surface area contributed by atoms with Crippen molar-refractivity contribution in [1.29, 1.82) is 5.26 Å². The van der Waals surface area contributed by atoms with Gasteiger partial charge in [-0.15, -0.1) is 12.4 Å². The Kier molecular flexibility index (Phi) is 5.58. The molecule has 0 atom stereocenters. The smallest absolute Gasteiger partial charge is 0.221 e. The van der Waals surface area contributed by atoms with Crippen LogP contribution in [0.25, 0.3) is 22.7 Å². The molecule has 3 aromatic rings. The highest BCUT2D eigenvalue weighted by Crippen LogP contribution is 2.22. The molecule has 1 heterocycles. The molecular weight excluding hydrogens is 336 g/mol. The number of carbonyl (C=O) groups excluding carboxylic acids is 1. The van der Waals surface area contributed by atoms with Gasteiger partial charge in [-0.3, -0.25) is 4.79 Å². The molecule has 0 unspecified atom stereocenters. The maximum atomic E-state index is 11.1. The summed E-state index contributed by atoms with van der Waals surface area (Å²) in [5.41, 5.74) is 3.92. The van der Waals surface area contributed by atoms with E-state index in [1.165, 1.54) is 6.92 Å². The van der Waals surface area contributed by atoms with E-state index in [0.717, 1.165) is 22.3 Å². The molecule has 0 radical (unpaired) electrons. The number of benzene rings is 2. The second-order valence-corrected chi connectivity index (χ2v) is 5.46. The number of nitrogens with one attached hydrogen (secondary N) is 1. The molecule has 1 N–H and O–H groups in total. The Hall–Kier alpha value is -3.10. The Morgan fingerprint density at radius 1 is 1.20 bits per heavy atom. The number of amides is 1. The summed E-state index contributed by atoms with van der Waals surface area (Å²) in [6.07, 6.45) is 1.79. The van der Waals surface area contributed by atoms with Crippen LogP contribution in [0.5, 0.6) is 0 Å². The lowest BCUT2D eigenvalue weighted by Crippen LogP contribution is -2.05. The molecule has 0 spiro atoms. The SMILES string of the molecule is CC(=O)Nc1ccc(/C=C(\C#N)c2nc3ccccc3n2C)cc1.Cl. The van der Waals surface area contributed by atoms with E-state index in [4.69, 9.17) is 0 Å². The van der Waals surface area contributed by atoms with E-state index >= 15 is 0 Å². The summed E-state index contributed by atoms with van der Waals surface area (Å²) >= 11 is 0. The Balaban J connectivity index is 0.00000225. The highest BCUT2D eigenvalue weighted by atomic mass is 35.5. The van der Waals surface area contributed by atoms with Crippen molar-refractivity contribution >= 4 is 46.7 Å². The highest BCUT2D eigenvalue weighted by Gasteiger charge is 2.11. The molecule has 5 nitrogen and oxygen atoms in total. The number of halogens is 1. The van der Waals surface area contributed by atoms with E-state index in [1.807, 2.05) is 48.0 Å². The van der Waals surface area contributed by atoms with Crippen molar-refractivity contribution in [3.05, 3.63) is 59.9 Å². The maximum Gasteiger partial charge on any atom is 0.221 e. The second kappa shape index (κ2) is 7.65.